The van der Waals surface area contributed by atoms with E-state index in [1.54, 1.807) is 23.9 Å². The lowest BCUT2D eigenvalue weighted by Gasteiger charge is -2.11. The third-order valence-electron chi connectivity index (χ3n) is 3.49. The van der Waals surface area contributed by atoms with E-state index >= 15 is 0 Å². The minimum atomic E-state index is -0.707. The zero-order chi connectivity index (χ0) is 19.0. The van der Waals surface area contributed by atoms with Crippen molar-refractivity contribution >= 4 is 58.0 Å². The van der Waals surface area contributed by atoms with Crippen molar-refractivity contribution in [3.05, 3.63) is 68.1 Å². The smallest absolute Gasteiger partial charge is 0.275 e. The fourth-order valence-electron chi connectivity index (χ4n) is 2.24. The molecule has 0 aliphatic carbocycles. The number of aryl methyl sites for hydroxylation is 1. The molecule has 1 aromatic carbocycles. The van der Waals surface area contributed by atoms with E-state index in [1.165, 1.54) is 18.2 Å². The molecular formula is C16H9Cl4FN4O. The van der Waals surface area contributed by atoms with Gasteiger partial charge in [-0.3, -0.25) is 4.79 Å². The highest BCUT2D eigenvalue weighted by molar-refractivity contribution is 6.52. The molecule has 26 heavy (non-hydrogen) atoms. The van der Waals surface area contributed by atoms with Crippen LogP contribution in [0.15, 0.2) is 30.6 Å². The number of aromatic nitrogens is 3. The Bertz CT molecular complexity index is 1020. The van der Waals surface area contributed by atoms with E-state index in [9.17, 15) is 9.18 Å². The second kappa shape index (κ2) is 7.40. The summed E-state index contributed by atoms with van der Waals surface area (Å²) >= 11 is 23.5. The van der Waals surface area contributed by atoms with Gasteiger partial charge in [0.05, 0.1) is 20.8 Å². The molecule has 0 spiro atoms. The molecule has 3 aromatic rings. The molecule has 0 aliphatic rings. The topological polar surface area (TPSA) is 59.8 Å². The van der Waals surface area contributed by atoms with Gasteiger partial charge in [-0.1, -0.05) is 46.4 Å². The maximum absolute atomic E-state index is 14.4. The number of hydrogen-bond acceptors (Lipinski definition) is 3. The van der Waals surface area contributed by atoms with E-state index in [-0.39, 0.29) is 31.6 Å². The Balaban J connectivity index is 1.89. The van der Waals surface area contributed by atoms with Gasteiger partial charge in [0.15, 0.2) is 0 Å². The van der Waals surface area contributed by atoms with Crippen LogP contribution in [0.4, 0.5) is 10.1 Å². The minimum absolute atomic E-state index is 0.0546. The van der Waals surface area contributed by atoms with Gasteiger partial charge in [-0.15, -0.1) is 0 Å². The molecule has 1 N–H and O–H groups in total. The first-order valence-electron chi connectivity index (χ1n) is 7.10. The van der Waals surface area contributed by atoms with Crippen LogP contribution >= 0.6 is 46.4 Å². The molecule has 5 nitrogen and oxygen atoms in total. The van der Waals surface area contributed by atoms with Crippen molar-refractivity contribution in [2.75, 3.05) is 5.32 Å². The maximum Gasteiger partial charge on any atom is 0.275 e. The molecule has 0 radical (unpaired) electrons. The molecule has 3 rings (SSSR count). The second-order valence-corrected chi connectivity index (χ2v) is 6.65. The summed E-state index contributed by atoms with van der Waals surface area (Å²) in [6, 6.07) is 4.21. The predicted molar refractivity (Wildman–Crippen MR) is 100 cm³/mol. The molecule has 1 amide bonds. The third kappa shape index (κ3) is 3.50. The number of hydrogen-bond donors (Lipinski definition) is 1. The Morgan fingerprint density at radius 1 is 1.15 bits per heavy atom. The second-order valence-electron chi connectivity index (χ2n) is 5.16. The summed E-state index contributed by atoms with van der Waals surface area (Å²) in [6.45, 7) is 1.75. The molecule has 0 fully saturated rings. The summed E-state index contributed by atoms with van der Waals surface area (Å²) in [5, 5.41) is 2.04. The number of nitrogens with zero attached hydrogens (tertiary/aromatic N) is 3. The van der Waals surface area contributed by atoms with Crippen LogP contribution in [-0.4, -0.2) is 20.4 Å². The number of halogens is 5. The average molecular weight is 434 g/mol. The van der Waals surface area contributed by atoms with Gasteiger partial charge < -0.3 is 9.88 Å². The normalized spacial score (nSPS) is 10.8. The molecule has 0 bridgehead atoms. The summed E-state index contributed by atoms with van der Waals surface area (Å²) in [5.74, 6) is -0.626. The molecule has 2 aromatic heterocycles. The van der Waals surface area contributed by atoms with Gasteiger partial charge in [0, 0.05) is 18.1 Å². The molecule has 0 saturated carbocycles. The summed E-state index contributed by atoms with van der Waals surface area (Å²) in [7, 11) is 0. The number of benzene rings is 1. The van der Waals surface area contributed by atoms with Crippen LogP contribution in [0.1, 0.15) is 16.3 Å². The Labute approximate surface area is 167 Å². The quantitative estimate of drug-likeness (QED) is 0.548. The molecule has 0 aliphatic heterocycles. The van der Waals surface area contributed by atoms with Gasteiger partial charge in [-0.25, -0.2) is 14.4 Å². The largest absolute Gasteiger partial charge is 0.321 e. The van der Waals surface area contributed by atoms with Crippen molar-refractivity contribution in [3.8, 4) is 5.69 Å². The van der Waals surface area contributed by atoms with Crippen LogP contribution in [0.3, 0.4) is 0 Å². The third-order valence-corrected chi connectivity index (χ3v) is 5.17. The summed E-state index contributed by atoms with van der Waals surface area (Å²) in [6.07, 6.45) is 3.19. The van der Waals surface area contributed by atoms with E-state index in [0.717, 1.165) is 0 Å². The van der Waals surface area contributed by atoms with Gasteiger partial charge in [0.2, 0.25) is 0 Å². The fourth-order valence-corrected chi connectivity index (χ4v) is 3.05. The van der Waals surface area contributed by atoms with Crippen molar-refractivity contribution in [2.24, 2.45) is 0 Å². The predicted octanol–water partition coefficient (Wildman–Crippen LogP) is 5.58. The zero-order valence-electron chi connectivity index (χ0n) is 13.0. The molecule has 0 unspecified atom stereocenters. The van der Waals surface area contributed by atoms with Crippen molar-refractivity contribution in [1.29, 1.82) is 0 Å². The monoisotopic (exact) mass is 432 g/mol. The van der Waals surface area contributed by atoms with Crippen molar-refractivity contribution in [2.45, 2.75) is 6.92 Å². The van der Waals surface area contributed by atoms with E-state index in [0.29, 0.717) is 11.5 Å². The highest BCUT2D eigenvalue weighted by Crippen LogP contribution is 2.36. The van der Waals surface area contributed by atoms with Gasteiger partial charge in [0.25, 0.3) is 5.91 Å². The number of amides is 1. The first-order valence-corrected chi connectivity index (χ1v) is 8.62. The summed E-state index contributed by atoms with van der Waals surface area (Å²) in [4.78, 5) is 20.2. The lowest BCUT2D eigenvalue weighted by molar-refractivity contribution is 0.102. The highest BCUT2D eigenvalue weighted by Gasteiger charge is 2.21. The zero-order valence-corrected chi connectivity index (χ0v) is 16.1. The van der Waals surface area contributed by atoms with E-state index in [2.05, 4.69) is 15.3 Å². The van der Waals surface area contributed by atoms with Crippen LogP contribution in [-0.2, 0) is 0 Å². The molecule has 0 atom stereocenters. The summed E-state index contributed by atoms with van der Waals surface area (Å²) in [5.41, 5.74) is 0.279. The standard InChI is InChI=1S/C16H9Cl4FN4O/c1-7-22-4-5-25(7)10-3-2-8(6-9(10)21)23-16(26)14-12(18)11(17)13(19)15(20)24-14/h2-6H,1H3,(H,23,26). The van der Waals surface area contributed by atoms with Crippen molar-refractivity contribution < 1.29 is 9.18 Å². The van der Waals surface area contributed by atoms with Crippen LogP contribution in [0.5, 0.6) is 0 Å². The van der Waals surface area contributed by atoms with Gasteiger partial charge >= 0.3 is 0 Å². The van der Waals surface area contributed by atoms with Gasteiger partial charge in [-0.05, 0) is 25.1 Å². The lowest BCUT2D eigenvalue weighted by atomic mass is 10.2. The number of pyridine rings is 1. The number of anilines is 1. The molecule has 0 saturated heterocycles. The number of nitrogens with one attached hydrogen (secondary N) is 1. The first-order chi connectivity index (χ1) is 12.3. The van der Waals surface area contributed by atoms with Crippen LogP contribution < -0.4 is 5.32 Å². The number of imidazole rings is 1. The SMILES string of the molecule is Cc1nccn1-c1ccc(NC(=O)c2nc(Cl)c(Cl)c(Cl)c2Cl)cc1F. The average Bonchev–Trinajstić information content (AvgIpc) is 3.02. The molecule has 2 heterocycles. The Morgan fingerprint density at radius 2 is 1.88 bits per heavy atom. The number of carbonyl (C=O) groups is 1. The van der Waals surface area contributed by atoms with Gasteiger partial charge in [-0.2, -0.15) is 0 Å². The lowest BCUT2D eigenvalue weighted by Crippen LogP contribution is -2.15. The first kappa shape index (κ1) is 18.9. The fraction of sp³-hybridized carbons (Fsp3) is 0.0625. The Kier molecular flexibility index (Phi) is 5.39. The van der Waals surface area contributed by atoms with Crippen LogP contribution in [0.2, 0.25) is 20.2 Å². The molecule has 10 heteroatoms. The Morgan fingerprint density at radius 3 is 2.50 bits per heavy atom. The highest BCUT2D eigenvalue weighted by atomic mass is 35.5. The maximum atomic E-state index is 14.4. The molecule has 134 valence electrons. The number of carbonyl (C=O) groups excluding carboxylic acids is 1. The van der Waals surface area contributed by atoms with Crippen molar-refractivity contribution in [1.82, 2.24) is 14.5 Å². The van der Waals surface area contributed by atoms with E-state index < -0.39 is 11.7 Å². The van der Waals surface area contributed by atoms with Crippen molar-refractivity contribution in [3.63, 3.8) is 0 Å². The van der Waals surface area contributed by atoms with E-state index in [4.69, 9.17) is 46.4 Å². The van der Waals surface area contributed by atoms with E-state index in [1.807, 2.05) is 0 Å². The number of rotatable bonds is 3. The summed E-state index contributed by atoms with van der Waals surface area (Å²) < 4.78 is 16.0. The van der Waals surface area contributed by atoms with Gasteiger partial charge in [0.1, 0.15) is 22.5 Å². The minimum Gasteiger partial charge on any atom is -0.321 e. The Hall–Kier alpha value is -1.86. The van der Waals surface area contributed by atoms with Crippen LogP contribution in [0.25, 0.3) is 5.69 Å². The van der Waals surface area contributed by atoms with Crippen LogP contribution in [0, 0.1) is 12.7 Å². The molecular weight excluding hydrogens is 425 g/mol.